The van der Waals surface area contributed by atoms with Crippen molar-refractivity contribution in [2.75, 3.05) is 6.61 Å². The molecular formula is C14H18FNO2. The van der Waals surface area contributed by atoms with Gasteiger partial charge in [0.15, 0.2) is 0 Å². The van der Waals surface area contributed by atoms with Crippen LogP contribution in [0.5, 0.6) is 5.75 Å². The average molecular weight is 251 g/mol. The number of rotatable bonds is 2. The van der Waals surface area contributed by atoms with Crippen LogP contribution in [0, 0.1) is 5.95 Å². The molecule has 98 valence electrons. The van der Waals surface area contributed by atoms with Crippen LogP contribution in [0.2, 0.25) is 0 Å². The van der Waals surface area contributed by atoms with E-state index in [0.29, 0.717) is 5.75 Å². The number of halogens is 1. The second-order valence-corrected chi connectivity index (χ2v) is 5.29. The smallest absolute Gasteiger partial charge is 0.213 e. The normalized spacial score (nSPS) is 26.4. The Labute approximate surface area is 106 Å². The molecule has 2 fully saturated rings. The molecule has 0 aromatic carbocycles. The van der Waals surface area contributed by atoms with Gasteiger partial charge >= 0.3 is 0 Å². The maximum atomic E-state index is 12.7. The van der Waals surface area contributed by atoms with Crippen LogP contribution in [0.3, 0.4) is 0 Å². The molecule has 18 heavy (non-hydrogen) atoms. The van der Waals surface area contributed by atoms with Gasteiger partial charge in [-0.15, -0.1) is 0 Å². The van der Waals surface area contributed by atoms with Crippen molar-refractivity contribution in [3.05, 3.63) is 24.3 Å². The fourth-order valence-electron chi connectivity index (χ4n) is 3.08. The lowest BCUT2D eigenvalue weighted by atomic mass is 9.90. The summed E-state index contributed by atoms with van der Waals surface area (Å²) in [5, 5.41) is 0. The van der Waals surface area contributed by atoms with Gasteiger partial charge in [-0.3, -0.25) is 0 Å². The number of ether oxygens (including phenoxy) is 2. The Hall–Kier alpha value is -1.16. The van der Waals surface area contributed by atoms with E-state index >= 15 is 0 Å². The average Bonchev–Trinajstić information content (AvgIpc) is 2.80. The Bertz CT molecular complexity index is 401. The van der Waals surface area contributed by atoms with Crippen LogP contribution in [0.4, 0.5) is 4.39 Å². The molecule has 3 nitrogen and oxygen atoms in total. The molecule has 1 aliphatic carbocycles. The second kappa shape index (κ2) is 4.84. The Morgan fingerprint density at radius 1 is 1.33 bits per heavy atom. The lowest BCUT2D eigenvalue weighted by Crippen LogP contribution is -2.41. The molecule has 1 atom stereocenters. The second-order valence-electron chi connectivity index (χ2n) is 5.29. The highest BCUT2D eigenvalue weighted by molar-refractivity contribution is 5.16. The van der Waals surface area contributed by atoms with E-state index in [4.69, 9.17) is 9.47 Å². The summed E-state index contributed by atoms with van der Waals surface area (Å²) in [6.45, 7) is 0.763. The summed E-state index contributed by atoms with van der Waals surface area (Å²) in [5.41, 5.74) is 0.0520. The fraction of sp³-hybridized carbons (Fsp3) is 0.643. The minimum absolute atomic E-state index is 0.0520. The highest BCUT2D eigenvalue weighted by atomic mass is 19.1. The first-order valence-corrected chi connectivity index (χ1v) is 6.68. The topological polar surface area (TPSA) is 31.4 Å². The number of nitrogens with zero attached hydrogens (tertiary/aromatic N) is 1. The molecule has 1 unspecified atom stereocenters. The highest BCUT2D eigenvalue weighted by Crippen LogP contribution is 2.40. The lowest BCUT2D eigenvalue weighted by molar-refractivity contribution is -0.108. The molecule has 1 aliphatic heterocycles. The minimum Gasteiger partial charge on any atom is -0.489 e. The molecule has 4 heteroatoms. The summed E-state index contributed by atoms with van der Waals surface area (Å²) < 4.78 is 24.6. The van der Waals surface area contributed by atoms with Crippen molar-refractivity contribution in [2.45, 2.75) is 50.2 Å². The van der Waals surface area contributed by atoms with Gasteiger partial charge in [-0.2, -0.15) is 4.39 Å². The summed E-state index contributed by atoms with van der Waals surface area (Å²) >= 11 is 0. The van der Waals surface area contributed by atoms with Gasteiger partial charge in [0.2, 0.25) is 5.95 Å². The quantitative estimate of drug-likeness (QED) is 0.757. The van der Waals surface area contributed by atoms with Crippen molar-refractivity contribution in [1.82, 2.24) is 4.98 Å². The van der Waals surface area contributed by atoms with Gasteiger partial charge in [0.05, 0.1) is 18.4 Å². The Morgan fingerprint density at radius 2 is 2.17 bits per heavy atom. The van der Waals surface area contributed by atoms with E-state index in [9.17, 15) is 4.39 Å². The molecule has 2 aliphatic rings. The molecule has 1 spiro atoms. The molecule has 0 N–H and O–H groups in total. The zero-order valence-corrected chi connectivity index (χ0v) is 10.4. The molecule has 1 aromatic rings. The number of hydrogen-bond donors (Lipinski definition) is 0. The van der Waals surface area contributed by atoms with Gasteiger partial charge in [-0.05, 0) is 25.0 Å². The standard InChI is InChI=1S/C14H18FNO2/c15-13-4-3-12(10-16-13)18-11-5-8-17-14(9-11)6-1-2-7-14/h3-4,10-11H,1-2,5-9H2. The maximum absolute atomic E-state index is 12.7. The van der Waals surface area contributed by atoms with Crippen molar-refractivity contribution < 1.29 is 13.9 Å². The molecule has 0 bridgehead atoms. The van der Waals surface area contributed by atoms with Crippen LogP contribution < -0.4 is 4.74 Å². The highest BCUT2D eigenvalue weighted by Gasteiger charge is 2.40. The molecular weight excluding hydrogens is 233 g/mol. The minimum atomic E-state index is -0.471. The first-order valence-electron chi connectivity index (χ1n) is 6.68. The third-order valence-corrected chi connectivity index (χ3v) is 3.97. The first-order chi connectivity index (χ1) is 8.76. The number of hydrogen-bond acceptors (Lipinski definition) is 3. The van der Waals surface area contributed by atoms with Crippen LogP contribution in [-0.2, 0) is 4.74 Å². The zero-order valence-electron chi connectivity index (χ0n) is 10.4. The SMILES string of the molecule is Fc1ccc(OC2CCOC3(CCCC3)C2)cn1. The van der Waals surface area contributed by atoms with Crippen LogP contribution in [-0.4, -0.2) is 23.3 Å². The molecule has 2 heterocycles. The van der Waals surface area contributed by atoms with Crippen molar-refractivity contribution in [3.63, 3.8) is 0 Å². The predicted octanol–water partition coefficient (Wildman–Crippen LogP) is 3.09. The van der Waals surface area contributed by atoms with Gasteiger partial charge in [0, 0.05) is 12.8 Å². The van der Waals surface area contributed by atoms with Crippen LogP contribution in [0.15, 0.2) is 18.3 Å². The van der Waals surface area contributed by atoms with Crippen molar-refractivity contribution in [1.29, 1.82) is 0 Å². The van der Waals surface area contributed by atoms with E-state index in [2.05, 4.69) is 4.98 Å². The Balaban J connectivity index is 1.64. The number of pyridine rings is 1. The van der Waals surface area contributed by atoms with E-state index in [1.165, 1.54) is 25.1 Å². The van der Waals surface area contributed by atoms with E-state index < -0.39 is 5.95 Å². The van der Waals surface area contributed by atoms with Crippen molar-refractivity contribution in [3.8, 4) is 5.75 Å². The van der Waals surface area contributed by atoms with Crippen LogP contribution in [0.25, 0.3) is 0 Å². The fourth-order valence-corrected chi connectivity index (χ4v) is 3.08. The third kappa shape index (κ3) is 2.48. The Morgan fingerprint density at radius 3 is 2.89 bits per heavy atom. The van der Waals surface area contributed by atoms with Gasteiger partial charge < -0.3 is 9.47 Å². The number of aromatic nitrogens is 1. The summed E-state index contributed by atoms with van der Waals surface area (Å²) in [5.74, 6) is 0.179. The van der Waals surface area contributed by atoms with Crippen molar-refractivity contribution in [2.24, 2.45) is 0 Å². The van der Waals surface area contributed by atoms with Gasteiger partial charge in [0.1, 0.15) is 11.9 Å². The van der Waals surface area contributed by atoms with E-state index in [0.717, 1.165) is 32.3 Å². The third-order valence-electron chi connectivity index (χ3n) is 3.97. The molecule has 0 radical (unpaired) electrons. The van der Waals surface area contributed by atoms with Gasteiger partial charge in [-0.1, -0.05) is 12.8 Å². The van der Waals surface area contributed by atoms with E-state index in [-0.39, 0.29) is 11.7 Å². The summed E-state index contributed by atoms with van der Waals surface area (Å²) in [4.78, 5) is 3.61. The van der Waals surface area contributed by atoms with Crippen molar-refractivity contribution >= 4 is 0 Å². The van der Waals surface area contributed by atoms with E-state index in [1.807, 2.05) is 0 Å². The molecule has 0 amide bonds. The summed E-state index contributed by atoms with van der Waals surface area (Å²) in [6, 6.07) is 2.97. The van der Waals surface area contributed by atoms with E-state index in [1.54, 1.807) is 6.07 Å². The Kier molecular flexibility index (Phi) is 3.20. The predicted molar refractivity (Wildman–Crippen MR) is 65.0 cm³/mol. The van der Waals surface area contributed by atoms with Gasteiger partial charge in [-0.25, -0.2) is 4.98 Å². The van der Waals surface area contributed by atoms with Gasteiger partial charge in [0.25, 0.3) is 0 Å². The summed E-state index contributed by atoms with van der Waals surface area (Å²) in [7, 11) is 0. The summed E-state index contributed by atoms with van der Waals surface area (Å²) in [6.07, 6.45) is 8.28. The lowest BCUT2D eigenvalue weighted by Gasteiger charge is -2.38. The molecule has 3 rings (SSSR count). The largest absolute Gasteiger partial charge is 0.489 e. The molecule has 1 aromatic heterocycles. The van der Waals surface area contributed by atoms with Crippen LogP contribution >= 0.6 is 0 Å². The first kappa shape index (κ1) is 11.9. The molecule has 1 saturated heterocycles. The van der Waals surface area contributed by atoms with Crippen LogP contribution in [0.1, 0.15) is 38.5 Å². The maximum Gasteiger partial charge on any atom is 0.213 e. The molecule has 1 saturated carbocycles. The monoisotopic (exact) mass is 251 g/mol. The zero-order chi connectivity index (χ0) is 12.4.